The van der Waals surface area contributed by atoms with Crippen LogP contribution in [0.2, 0.25) is 0 Å². The first-order valence-electron chi connectivity index (χ1n) is 10.1. The van der Waals surface area contributed by atoms with Gasteiger partial charge in [0.15, 0.2) is 0 Å². The Labute approximate surface area is 180 Å². The predicted molar refractivity (Wildman–Crippen MR) is 115 cm³/mol. The van der Waals surface area contributed by atoms with E-state index in [9.17, 15) is 4.39 Å². The summed E-state index contributed by atoms with van der Waals surface area (Å²) >= 11 is 0. The Morgan fingerprint density at radius 1 is 1.06 bits per heavy atom. The Hall–Kier alpha value is -3.74. The Bertz CT molecular complexity index is 1100. The molecular weight excluding hydrogens is 395 g/mol. The molecule has 31 heavy (non-hydrogen) atoms. The summed E-state index contributed by atoms with van der Waals surface area (Å²) in [5.74, 6) is 0.871. The van der Waals surface area contributed by atoms with Crippen LogP contribution < -0.4 is 4.74 Å². The molecule has 0 atom stereocenters. The highest BCUT2D eigenvalue weighted by Crippen LogP contribution is 2.22. The predicted octanol–water partition coefficient (Wildman–Crippen LogP) is 5.07. The molecule has 0 fully saturated rings. The zero-order chi connectivity index (χ0) is 21.5. The molecule has 2 aromatic carbocycles. The fourth-order valence-corrected chi connectivity index (χ4v) is 3.15. The molecule has 2 aromatic heterocycles. The van der Waals surface area contributed by atoms with Gasteiger partial charge < -0.3 is 9.15 Å². The lowest BCUT2D eigenvalue weighted by atomic mass is 10.1. The van der Waals surface area contributed by atoms with E-state index in [4.69, 9.17) is 9.15 Å². The number of halogens is 1. The molecule has 2 heterocycles. The summed E-state index contributed by atoms with van der Waals surface area (Å²) in [6.07, 6.45) is 8.27. The molecule has 7 heteroatoms. The van der Waals surface area contributed by atoms with Crippen molar-refractivity contribution < 1.29 is 13.5 Å². The van der Waals surface area contributed by atoms with Crippen molar-refractivity contribution in [2.24, 2.45) is 0 Å². The number of hydrogen-bond acceptors (Lipinski definition) is 5. The fourth-order valence-electron chi connectivity index (χ4n) is 3.15. The standard InChI is InChI=1S/C24H23FN4O2/c1-18(20-7-9-21(25)10-8-20)24-27-22(17-31-24)16-30-23-11-5-19(6-12-23)4-2-3-14-29-15-13-26-28-29/h5-13,15,17H,1-4,14,16H2. The van der Waals surface area contributed by atoms with Gasteiger partial charge in [-0.3, -0.25) is 4.68 Å². The van der Waals surface area contributed by atoms with Crippen LogP contribution in [0.4, 0.5) is 4.39 Å². The molecule has 0 aliphatic rings. The van der Waals surface area contributed by atoms with Gasteiger partial charge in [-0.25, -0.2) is 9.37 Å². The van der Waals surface area contributed by atoms with E-state index < -0.39 is 0 Å². The maximum atomic E-state index is 13.1. The van der Waals surface area contributed by atoms with E-state index in [1.54, 1.807) is 24.6 Å². The topological polar surface area (TPSA) is 66.0 Å². The molecule has 0 radical (unpaired) electrons. The van der Waals surface area contributed by atoms with Crippen molar-refractivity contribution in [1.29, 1.82) is 0 Å². The number of unbranched alkanes of at least 4 members (excludes halogenated alkanes) is 1. The smallest absolute Gasteiger partial charge is 0.226 e. The van der Waals surface area contributed by atoms with E-state index in [1.807, 2.05) is 23.0 Å². The van der Waals surface area contributed by atoms with Crippen LogP contribution in [0.25, 0.3) is 5.57 Å². The molecule has 6 nitrogen and oxygen atoms in total. The Balaban J connectivity index is 1.24. The summed E-state index contributed by atoms with van der Waals surface area (Å²) in [4.78, 5) is 4.42. The number of nitrogens with zero attached hydrogens (tertiary/aromatic N) is 4. The molecule has 0 aliphatic carbocycles. The maximum absolute atomic E-state index is 13.1. The van der Waals surface area contributed by atoms with Crippen LogP contribution in [0.15, 0.2) is 78.2 Å². The van der Waals surface area contributed by atoms with Crippen molar-refractivity contribution in [2.75, 3.05) is 0 Å². The lowest BCUT2D eigenvalue weighted by molar-refractivity contribution is 0.301. The number of aromatic nitrogens is 4. The zero-order valence-corrected chi connectivity index (χ0v) is 17.1. The van der Waals surface area contributed by atoms with Crippen LogP contribution in [0.5, 0.6) is 5.75 Å². The average molecular weight is 418 g/mol. The summed E-state index contributed by atoms with van der Waals surface area (Å²) < 4.78 is 26.3. The molecule has 0 aliphatic heterocycles. The van der Waals surface area contributed by atoms with Gasteiger partial charge in [0.2, 0.25) is 5.89 Å². The van der Waals surface area contributed by atoms with Crippen LogP contribution >= 0.6 is 0 Å². The van der Waals surface area contributed by atoms with E-state index in [1.165, 1.54) is 17.7 Å². The van der Waals surface area contributed by atoms with Crippen molar-refractivity contribution in [1.82, 2.24) is 20.0 Å². The average Bonchev–Trinajstić information content (AvgIpc) is 3.48. The van der Waals surface area contributed by atoms with Gasteiger partial charge >= 0.3 is 0 Å². The highest BCUT2D eigenvalue weighted by atomic mass is 19.1. The van der Waals surface area contributed by atoms with Gasteiger partial charge in [0.25, 0.3) is 0 Å². The molecule has 0 saturated heterocycles. The molecule has 0 bridgehead atoms. The van der Waals surface area contributed by atoms with Gasteiger partial charge in [-0.05, 0) is 54.7 Å². The van der Waals surface area contributed by atoms with E-state index in [0.717, 1.165) is 37.1 Å². The summed E-state index contributed by atoms with van der Waals surface area (Å²) in [7, 11) is 0. The molecule has 158 valence electrons. The van der Waals surface area contributed by atoms with Crippen molar-refractivity contribution in [3.8, 4) is 5.75 Å². The largest absolute Gasteiger partial charge is 0.487 e. The van der Waals surface area contributed by atoms with Gasteiger partial charge in [-0.1, -0.05) is 36.1 Å². The van der Waals surface area contributed by atoms with Gasteiger partial charge in [0.1, 0.15) is 30.1 Å². The van der Waals surface area contributed by atoms with Crippen LogP contribution in [-0.2, 0) is 19.6 Å². The van der Waals surface area contributed by atoms with E-state index >= 15 is 0 Å². The van der Waals surface area contributed by atoms with Crippen LogP contribution in [0.3, 0.4) is 0 Å². The first kappa shape index (κ1) is 20.5. The highest BCUT2D eigenvalue weighted by Gasteiger charge is 2.10. The van der Waals surface area contributed by atoms with Crippen molar-refractivity contribution in [3.05, 3.63) is 102 Å². The molecule has 0 unspecified atom stereocenters. The summed E-state index contributed by atoms with van der Waals surface area (Å²) in [6, 6.07) is 14.1. The SMILES string of the molecule is C=C(c1ccc(F)cc1)c1nc(COc2ccc(CCCCn3ccnn3)cc2)co1. The second-order valence-corrected chi connectivity index (χ2v) is 7.19. The lowest BCUT2D eigenvalue weighted by Crippen LogP contribution is -1.99. The van der Waals surface area contributed by atoms with Gasteiger partial charge in [-0.15, -0.1) is 5.10 Å². The van der Waals surface area contributed by atoms with Gasteiger partial charge in [0.05, 0.1) is 6.20 Å². The first-order chi connectivity index (χ1) is 15.2. The molecule has 0 spiro atoms. The monoisotopic (exact) mass is 418 g/mol. The first-order valence-corrected chi connectivity index (χ1v) is 10.1. The van der Waals surface area contributed by atoms with E-state index in [2.05, 4.69) is 34.0 Å². The maximum Gasteiger partial charge on any atom is 0.226 e. The number of ether oxygens (including phenoxy) is 1. The Kier molecular flexibility index (Phi) is 6.52. The third kappa shape index (κ3) is 5.66. The normalized spacial score (nSPS) is 10.9. The van der Waals surface area contributed by atoms with Crippen LogP contribution in [0, 0.1) is 5.82 Å². The quantitative estimate of drug-likeness (QED) is 0.337. The Morgan fingerprint density at radius 2 is 1.87 bits per heavy atom. The highest BCUT2D eigenvalue weighted by molar-refractivity contribution is 5.73. The molecule has 0 saturated carbocycles. The molecule has 4 rings (SSSR count). The van der Waals surface area contributed by atoms with Crippen LogP contribution in [-0.4, -0.2) is 20.0 Å². The lowest BCUT2D eigenvalue weighted by Gasteiger charge is -2.06. The van der Waals surface area contributed by atoms with Gasteiger partial charge in [0, 0.05) is 18.3 Å². The van der Waals surface area contributed by atoms with E-state index in [-0.39, 0.29) is 12.4 Å². The van der Waals surface area contributed by atoms with Crippen molar-refractivity contribution >= 4 is 5.57 Å². The second kappa shape index (κ2) is 9.84. The third-order valence-electron chi connectivity index (χ3n) is 4.89. The minimum Gasteiger partial charge on any atom is -0.487 e. The van der Waals surface area contributed by atoms with Gasteiger partial charge in [-0.2, -0.15) is 0 Å². The number of oxazole rings is 1. The molecular formula is C24H23FN4O2. The minimum atomic E-state index is -0.296. The Morgan fingerprint density at radius 3 is 2.61 bits per heavy atom. The van der Waals surface area contributed by atoms with Crippen LogP contribution in [0.1, 0.15) is 35.6 Å². The van der Waals surface area contributed by atoms with E-state index in [0.29, 0.717) is 17.2 Å². The number of benzene rings is 2. The summed E-state index contributed by atoms with van der Waals surface area (Å²) in [6.45, 7) is 5.16. The number of hydrogen-bond donors (Lipinski definition) is 0. The third-order valence-corrected chi connectivity index (χ3v) is 4.89. The molecule has 4 aromatic rings. The fraction of sp³-hybridized carbons (Fsp3) is 0.208. The van der Waals surface area contributed by atoms with Crippen molar-refractivity contribution in [2.45, 2.75) is 32.4 Å². The minimum absolute atomic E-state index is 0.289. The number of rotatable bonds is 10. The molecule has 0 N–H and O–H groups in total. The second-order valence-electron chi connectivity index (χ2n) is 7.19. The number of aryl methyl sites for hydroxylation is 2. The zero-order valence-electron chi connectivity index (χ0n) is 17.1. The summed E-state index contributed by atoms with van der Waals surface area (Å²) in [5.41, 5.74) is 3.28. The molecule has 0 amide bonds. The van der Waals surface area contributed by atoms with Crippen molar-refractivity contribution in [3.63, 3.8) is 0 Å². The summed E-state index contributed by atoms with van der Waals surface area (Å²) in [5, 5.41) is 7.77.